The van der Waals surface area contributed by atoms with Gasteiger partial charge in [-0.1, -0.05) is 110 Å². The van der Waals surface area contributed by atoms with Gasteiger partial charge in [0, 0.05) is 53.4 Å². The molecule has 0 bridgehead atoms. The standard InChI is InChI=1S/C19H20N2.C14H20O4.C10H8O6S2/c1-20-12-11-19-17(14-20)16-9-5-6-10-18(16)21(19)13-15-7-3-2-4-8-15;1-2-3-4-5-6-7-10-8-12(16)14(18)13(17)11(10)9-15;11-17(12,13)9-5-1-3-7-8(9)4-2-6-10(7)18(14,15)16/h2-10H,11-14H2,1H3;4-7,9-12,14,16,18H,2-3,8H2,1H3;1-6H,(H,11,12,13)(H,14,15,16). The van der Waals surface area contributed by atoms with Crippen LogP contribution in [0, 0.1) is 11.8 Å². The number of carbonyl (C=O) groups is 2. The molecule has 1 fully saturated rings. The second-order valence-corrected chi connectivity index (χ2v) is 16.9. The second kappa shape index (κ2) is 19.1. The van der Waals surface area contributed by atoms with Gasteiger partial charge in [0.15, 0.2) is 5.78 Å². The summed E-state index contributed by atoms with van der Waals surface area (Å²) in [6, 6.07) is 27.1. The quantitative estimate of drug-likeness (QED) is 0.0588. The van der Waals surface area contributed by atoms with Gasteiger partial charge in [-0.15, -0.1) is 0 Å². The molecule has 12 nitrogen and oxygen atoms in total. The van der Waals surface area contributed by atoms with Crippen LogP contribution in [0.25, 0.3) is 21.7 Å². The van der Waals surface area contributed by atoms with E-state index in [1.54, 1.807) is 12.2 Å². The van der Waals surface area contributed by atoms with E-state index in [1.807, 2.05) is 12.2 Å². The van der Waals surface area contributed by atoms with Crippen molar-refractivity contribution in [1.82, 2.24) is 9.47 Å². The molecule has 0 amide bonds. The van der Waals surface area contributed by atoms with Crippen LogP contribution in [-0.4, -0.2) is 83.5 Å². The van der Waals surface area contributed by atoms with Gasteiger partial charge < -0.3 is 24.5 Å². The monoisotopic (exact) mass is 816 g/mol. The highest BCUT2D eigenvalue weighted by Gasteiger charge is 2.41. The Morgan fingerprint density at radius 1 is 0.789 bits per heavy atom. The number of rotatable bonds is 9. The molecule has 57 heavy (non-hydrogen) atoms. The first kappa shape index (κ1) is 43.3. The Morgan fingerprint density at radius 2 is 1.39 bits per heavy atom. The van der Waals surface area contributed by atoms with E-state index in [0.717, 1.165) is 51.0 Å². The maximum Gasteiger partial charge on any atom is 0.295 e. The molecule has 1 aliphatic carbocycles. The molecule has 4 aromatic carbocycles. The topological polar surface area (TPSA) is 192 Å². The minimum absolute atomic E-state index is 0.0233. The van der Waals surface area contributed by atoms with Crippen LogP contribution in [0.5, 0.6) is 0 Å². The van der Waals surface area contributed by atoms with E-state index in [0.29, 0.717) is 6.29 Å². The second-order valence-electron chi connectivity index (χ2n) is 14.1. The summed E-state index contributed by atoms with van der Waals surface area (Å²) < 4.78 is 65.2. The molecule has 4 N–H and O–H groups in total. The van der Waals surface area contributed by atoms with Crippen LogP contribution in [0.4, 0.5) is 0 Å². The first-order chi connectivity index (χ1) is 27.1. The first-order valence-corrected chi connectivity index (χ1v) is 21.5. The SMILES string of the molecule is CCCC=CC=CC1CC(O)C(O)C(=O)C1C=O.CN1CCc2c(c3ccccc3n2Cc2ccccc2)C1.O=S(=O)(O)c1cccc2c(S(=O)(=O)O)cccc12. The summed E-state index contributed by atoms with van der Waals surface area (Å²) in [6.07, 6.45) is 8.87. The number of aldehydes is 1. The van der Waals surface area contributed by atoms with Crippen LogP contribution in [0.2, 0.25) is 0 Å². The van der Waals surface area contributed by atoms with E-state index in [9.17, 15) is 36.6 Å². The number of carbonyl (C=O) groups excluding carboxylic acids is 2. The molecular weight excluding hydrogens is 769 g/mol. The molecule has 302 valence electrons. The van der Waals surface area contributed by atoms with Crippen molar-refractivity contribution in [3.63, 3.8) is 0 Å². The number of benzene rings is 4. The number of allylic oxidation sites excluding steroid dienone is 4. The molecule has 0 saturated heterocycles. The normalized spacial score (nSPS) is 20.2. The molecule has 7 rings (SSSR count). The Balaban J connectivity index is 0.000000164. The zero-order chi connectivity index (χ0) is 41.3. The largest absolute Gasteiger partial charge is 0.390 e. The minimum Gasteiger partial charge on any atom is -0.390 e. The average molecular weight is 817 g/mol. The summed E-state index contributed by atoms with van der Waals surface area (Å²) in [5.41, 5.74) is 5.80. The van der Waals surface area contributed by atoms with Gasteiger partial charge in [0.2, 0.25) is 0 Å². The van der Waals surface area contributed by atoms with Crippen molar-refractivity contribution in [2.45, 2.75) is 67.7 Å². The van der Waals surface area contributed by atoms with Gasteiger partial charge in [-0.2, -0.15) is 16.8 Å². The fraction of sp³-hybridized carbons (Fsp3) is 0.302. The molecule has 2 aliphatic rings. The number of unbranched alkanes of at least 4 members (excludes halogenated alkanes) is 1. The number of Topliss-reactive ketones (excluding diaryl/α,β-unsaturated/α-hetero) is 1. The van der Waals surface area contributed by atoms with Gasteiger partial charge >= 0.3 is 0 Å². The van der Waals surface area contributed by atoms with Crippen molar-refractivity contribution in [2.24, 2.45) is 11.8 Å². The number of hydrogen-bond acceptors (Lipinski definition) is 9. The predicted molar refractivity (Wildman–Crippen MR) is 219 cm³/mol. The Morgan fingerprint density at radius 3 is 1.98 bits per heavy atom. The van der Waals surface area contributed by atoms with Gasteiger partial charge in [0.1, 0.15) is 22.2 Å². The Labute approximate surface area is 333 Å². The molecular formula is C43H48N2O10S2. The number of fused-ring (bicyclic) bond motifs is 4. The fourth-order valence-electron chi connectivity index (χ4n) is 7.25. The summed E-state index contributed by atoms with van der Waals surface area (Å²) >= 11 is 0. The number of para-hydroxylation sites is 1. The molecule has 4 atom stereocenters. The Bertz CT molecular complexity index is 2410. The van der Waals surface area contributed by atoms with Crippen LogP contribution in [0.3, 0.4) is 0 Å². The maximum atomic E-state index is 11.6. The lowest BCUT2D eigenvalue weighted by Gasteiger charge is -2.31. The highest BCUT2D eigenvalue weighted by molar-refractivity contribution is 7.86. The number of hydrogen-bond donors (Lipinski definition) is 4. The molecule has 1 saturated carbocycles. The highest BCUT2D eigenvalue weighted by atomic mass is 32.2. The van der Waals surface area contributed by atoms with Gasteiger partial charge in [-0.25, -0.2) is 0 Å². The first-order valence-electron chi connectivity index (χ1n) is 18.6. The lowest BCUT2D eigenvalue weighted by Crippen LogP contribution is -2.47. The van der Waals surface area contributed by atoms with E-state index in [2.05, 4.69) is 78.0 Å². The molecule has 5 aromatic rings. The number of nitrogens with zero attached hydrogens (tertiary/aromatic N) is 2. The van der Waals surface area contributed by atoms with Gasteiger partial charge in [0.25, 0.3) is 20.2 Å². The average Bonchev–Trinajstić information content (AvgIpc) is 3.48. The van der Waals surface area contributed by atoms with Crippen LogP contribution in [0.15, 0.2) is 125 Å². The van der Waals surface area contributed by atoms with Crippen LogP contribution in [0.1, 0.15) is 43.0 Å². The fourth-order valence-corrected chi connectivity index (χ4v) is 8.66. The summed E-state index contributed by atoms with van der Waals surface area (Å²) in [4.78, 5) is 24.1. The van der Waals surface area contributed by atoms with Crippen LogP contribution < -0.4 is 0 Å². The zero-order valence-corrected chi connectivity index (χ0v) is 33.4. The summed E-state index contributed by atoms with van der Waals surface area (Å²) in [5.74, 6) is -1.77. The van der Waals surface area contributed by atoms with Crippen molar-refractivity contribution < 1.29 is 45.7 Å². The third-order valence-electron chi connectivity index (χ3n) is 10.1. The van der Waals surface area contributed by atoms with Crippen molar-refractivity contribution in [1.29, 1.82) is 0 Å². The van der Waals surface area contributed by atoms with Gasteiger partial charge in [-0.3, -0.25) is 13.9 Å². The maximum absolute atomic E-state index is 11.6. The van der Waals surface area contributed by atoms with E-state index in [-0.39, 0.29) is 23.1 Å². The molecule has 0 radical (unpaired) electrons. The number of ketones is 1. The van der Waals surface area contributed by atoms with E-state index in [1.165, 1.54) is 52.0 Å². The highest BCUT2D eigenvalue weighted by Crippen LogP contribution is 2.32. The van der Waals surface area contributed by atoms with Gasteiger partial charge in [0.05, 0.1) is 12.0 Å². The van der Waals surface area contributed by atoms with E-state index in [4.69, 9.17) is 9.11 Å². The molecule has 1 aliphatic heterocycles. The summed E-state index contributed by atoms with van der Waals surface area (Å²) in [5, 5.41) is 20.4. The molecule has 1 aromatic heterocycles. The summed E-state index contributed by atoms with van der Waals surface area (Å²) in [6.45, 7) is 5.27. The third-order valence-corrected chi connectivity index (χ3v) is 11.9. The van der Waals surface area contributed by atoms with Crippen LogP contribution >= 0.6 is 0 Å². The Kier molecular flexibility index (Phi) is 14.5. The Hall–Kier alpha value is -4.80. The zero-order valence-electron chi connectivity index (χ0n) is 31.8. The number of aliphatic hydroxyl groups excluding tert-OH is 2. The number of aromatic nitrogens is 1. The van der Waals surface area contributed by atoms with Crippen molar-refractivity contribution >= 4 is 54.0 Å². The summed E-state index contributed by atoms with van der Waals surface area (Å²) in [7, 11) is -6.72. The van der Waals surface area contributed by atoms with Gasteiger partial charge in [-0.05, 0) is 55.1 Å². The van der Waals surface area contributed by atoms with Crippen molar-refractivity contribution in [3.8, 4) is 0 Å². The van der Waals surface area contributed by atoms with Crippen LogP contribution in [-0.2, 0) is 49.3 Å². The van der Waals surface area contributed by atoms with E-state index >= 15 is 0 Å². The molecule has 14 heteroatoms. The molecule has 4 unspecified atom stereocenters. The van der Waals surface area contributed by atoms with E-state index < -0.39 is 53.9 Å². The molecule has 0 spiro atoms. The smallest absolute Gasteiger partial charge is 0.295 e. The lowest BCUT2D eigenvalue weighted by molar-refractivity contribution is -0.146. The minimum atomic E-state index is -4.47. The predicted octanol–water partition coefficient (Wildman–Crippen LogP) is 6.04. The van der Waals surface area contributed by atoms with Crippen molar-refractivity contribution in [3.05, 3.63) is 132 Å². The van der Waals surface area contributed by atoms with Crippen molar-refractivity contribution in [2.75, 3.05) is 13.6 Å². The third kappa shape index (κ3) is 10.6. The molecule has 2 heterocycles. The number of likely N-dealkylation sites (N-methyl/N-ethyl adjacent to an activating group) is 1. The number of aliphatic hydroxyl groups is 2. The lowest BCUT2D eigenvalue weighted by atomic mass is 9.76.